The van der Waals surface area contributed by atoms with E-state index in [4.69, 9.17) is 9.47 Å². The smallest absolute Gasteiger partial charge is 0.273 e. The summed E-state index contributed by atoms with van der Waals surface area (Å²) in [7, 11) is 2.90. The Balaban J connectivity index is 1.71. The first-order valence-electron chi connectivity index (χ1n) is 11.0. The molecule has 0 spiro atoms. The Kier molecular flexibility index (Phi) is 6.95. The Bertz CT molecular complexity index is 1300. The van der Waals surface area contributed by atoms with Gasteiger partial charge in [0, 0.05) is 36.2 Å². The number of nitrogens with one attached hydrogen (secondary N) is 1. The van der Waals surface area contributed by atoms with Crippen molar-refractivity contribution in [3.63, 3.8) is 0 Å². The van der Waals surface area contributed by atoms with Crippen molar-refractivity contribution in [3.05, 3.63) is 83.7 Å². The number of hydrogen-bond donors (Lipinski definition) is 1. The molecule has 0 bridgehead atoms. The van der Waals surface area contributed by atoms with Crippen LogP contribution in [-0.2, 0) is 9.59 Å². The van der Waals surface area contributed by atoms with Crippen molar-refractivity contribution in [3.8, 4) is 11.5 Å². The summed E-state index contributed by atoms with van der Waals surface area (Å²) >= 11 is 0. The third kappa shape index (κ3) is 4.88. The number of rotatable bonds is 6. The predicted molar refractivity (Wildman–Crippen MR) is 129 cm³/mol. The van der Waals surface area contributed by atoms with E-state index in [9.17, 15) is 19.2 Å². The normalized spacial score (nSPS) is 15.0. The van der Waals surface area contributed by atoms with Gasteiger partial charge in [0.05, 0.1) is 31.9 Å². The standard InChI is InChI=1S/C26H24N4O6/c1-16-6-4-7-17(10-16)25(33)30(28-24(32)18-8-5-9-27-15-18)22-14-23(31)29(26(22)34)19-11-20(35-2)13-21(12-19)36-3/h4-13,15,22H,14H2,1-3H3,(H,28,32). The van der Waals surface area contributed by atoms with Crippen LogP contribution in [0.4, 0.5) is 5.69 Å². The van der Waals surface area contributed by atoms with Crippen molar-refractivity contribution < 1.29 is 28.7 Å². The summed E-state index contributed by atoms with van der Waals surface area (Å²) in [5.74, 6) is -1.74. The molecule has 1 aromatic heterocycles. The SMILES string of the molecule is COc1cc(OC)cc(N2C(=O)CC(N(NC(=O)c3cccnc3)C(=O)c3cccc(C)c3)C2=O)c1. The number of benzene rings is 2. The third-order valence-electron chi connectivity index (χ3n) is 5.66. The van der Waals surface area contributed by atoms with Gasteiger partial charge in [-0.2, -0.15) is 0 Å². The average Bonchev–Trinajstić information content (AvgIpc) is 3.20. The molecular weight excluding hydrogens is 464 g/mol. The van der Waals surface area contributed by atoms with Gasteiger partial charge in [-0.05, 0) is 31.2 Å². The number of imide groups is 1. The second kappa shape index (κ2) is 10.3. The fourth-order valence-electron chi connectivity index (χ4n) is 3.87. The Morgan fingerprint density at radius 3 is 2.31 bits per heavy atom. The number of nitrogens with zero attached hydrogens (tertiary/aromatic N) is 3. The Labute approximate surface area is 207 Å². The molecule has 184 valence electrons. The summed E-state index contributed by atoms with van der Waals surface area (Å²) in [6, 6.07) is 13.2. The minimum absolute atomic E-state index is 0.186. The number of hydrogen-bond acceptors (Lipinski definition) is 7. The highest BCUT2D eigenvalue weighted by molar-refractivity contribution is 6.23. The van der Waals surface area contributed by atoms with E-state index in [0.717, 1.165) is 15.5 Å². The molecule has 0 saturated carbocycles. The fraction of sp³-hybridized carbons (Fsp3) is 0.192. The summed E-state index contributed by atoms with van der Waals surface area (Å²) in [4.78, 5) is 57.9. The predicted octanol–water partition coefficient (Wildman–Crippen LogP) is 2.53. The molecule has 0 radical (unpaired) electrons. The second-order valence-corrected chi connectivity index (χ2v) is 8.09. The number of hydrazine groups is 1. The number of amides is 4. The summed E-state index contributed by atoms with van der Waals surface area (Å²) in [6.45, 7) is 1.82. The zero-order valence-corrected chi connectivity index (χ0v) is 19.9. The van der Waals surface area contributed by atoms with E-state index in [1.807, 2.05) is 13.0 Å². The van der Waals surface area contributed by atoms with Crippen LogP contribution in [0.5, 0.6) is 11.5 Å². The van der Waals surface area contributed by atoms with Gasteiger partial charge >= 0.3 is 0 Å². The molecular formula is C26H24N4O6. The first kappa shape index (κ1) is 24.4. The largest absolute Gasteiger partial charge is 0.497 e. The number of ether oxygens (including phenoxy) is 2. The van der Waals surface area contributed by atoms with E-state index in [1.54, 1.807) is 30.3 Å². The summed E-state index contributed by atoms with van der Waals surface area (Å²) in [5.41, 5.74) is 4.00. The molecule has 0 aliphatic carbocycles. The Morgan fingerprint density at radius 2 is 1.69 bits per heavy atom. The number of methoxy groups -OCH3 is 2. The van der Waals surface area contributed by atoms with Gasteiger partial charge in [0.25, 0.3) is 17.7 Å². The molecule has 1 N–H and O–H groups in total. The van der Waals surface area contributed by atoms with Crippen molar-refractivity contribution in [1.82, 2.24) is 15.4 Å². The lowest BCUT2D eigenvalue weighted by Gasteiger charge is -2.28. The summed E-state index contributed by atoms with van der Waals surface area (Å²) in [5, 5.41) is 0.918. The fourth-order valence-corrected chi connectivity index (χ4v) is 3.87. The molecule has 1 unspecified atom stereocenters. The minimum atomic E-state index is -1.27. The molecule has 1 aliphatic heterocycles. The van der Waals surface area contributed by atoms with Crippen LogP contribution in [0.3, 0.4) is 0 Å². The van der Waals surface area contributed by atoms with Gasteiger partial charge in [-0.3, -0.25) is 29.6 Å². The Hall–Kier alpha value is -4.73. The molecule has 1 saturated heterocycles. The van der Waals surface area contributed by atoms with Gasteiger partial charge in [0.1, 0.15) is 17.5 Å². The van der Waals surface area contributed by atoms with E-state index in [-0.39, 0.29) is 23.2 Å². The molecule has 1 atom stereocenters. The van der Waals surface area contributed by atoms with Gasteiger partial charge in [-0.1, -0.05) is 17.7 Å². The van der Waals surface area contributed by atoms with Crippen LogP contribution in [0.15, 0.2) is 67.0 Å². The van der Waals surface area contributed by atoms with Crippen LogP contribution in [-0.4, -0.2) is 53.9 Å². The third-order valence-corrected chi connectivity index (χ3v) is 5.66. The van der Waals surface area contributed by atoms with E-state index in [1.165, 1.54) is 44.8 Å². The number of carbonyl (C=O) groups excluding carboxylic acids is 4. The van der Waals surface area contributed by atoms with Crippen LogP contribution in [0.2, 0.25) is 0 Å². The van der Waals surface area contributed by atoms with Crippen LogP contribution in [0.25, 0.3) is 0 Å². The van der Waals surface area contributed by atoms with Gasteiger partial charge in [-0.15, -0.1) is 0 Å². The quantitative estimate of drug-likeness (QED) is 0.418. The summed E-state index contributed by atoms with van der Waals surface area (Å²) in [6.07, 6.45) is 2.51. The van der Waals surface area contributed by atoms with E-state index in [2.05, 4.69) is 10.4 Å². The zero-order chi connectivity index (χ0) is 25.8. The van der Waals surface area contributed by atoms with Gasteiger partial charge in [-0.25, -0.2) is 9.91 Å². The van der Waals surface area contributed by atoms with Crippen molar-refractivity contribution in [1.29, 1.82) is 0 Å². The maximum atomic E-state index is 13.5. The van der Waals surface area contributed by atoms with Crippen LogP contribution < -0.4 is 19.8 Å². The molecule has 3 aromatic rings. The molecule has 4 rings (SSSR count). The van der Waals surface area contributed by atoms with Crippen molar-refractivity contribution in [2.45, 2.75) is 19.4 Å². The number of aromatic nitrogens is 1. The number of aryl methyl sites for hydroxylation is 1. The van der Waals surface area contributed by atoms with Crippen molar-refractivity contribution in [2.24, 2.45) is 0 Å². The first-order valence-corrected chi connectivity index (χ1v) is 11.0. The lowest BCUT2D eigenvalue weighted by Crippen LogP contribution is -2.54. The van der Waals surface area contributed by atoms with Crippen molar-refractivity contribution >= 4 is 29.3 Å². The molecule has 36 heavy (non-hydrogen) atoms. The highest BCUT2D eigenvalue weighted by Gasteiger charge is 2.46. The second-order valence-electron chi connectivity index (χ2n) is 8.09. The Morgan fingerprint density at radius 1 is 1.00 bits per heavy atom. The topological polar surface area (TPSA) is 118 Å². The molecule has 10 nitrogen and oxygen atoms in total. The molecule has 2 aromatic carbocycles. The lowest BCUT2D eigenvalue weighted by molar-refractivity contribution is -0.122. The van der Waals surface area contributed by atoms with E-state index in [0.29, 0.717) is 11.5 Å². The average molecular weight is 489 g/mol. The van der Waals surface area contributed by atoms with Gasteiger partial charge in [0.2, 0.25) is 5.91 Å². The molecule has 2 heterocycles. The molecule has 4 amide bonds. The minimum Gasteiger partial charge on any atom is -0.497 e. The maximum absolute atomic E-state index is 13.5. The monoisotopic (exact) mass is 488 g/mol. The highest BCUT2D eigenvalue weighted by atomic mass is 16.5. The number of pyridine rings is 1. The molecule has 10 heteroatoms. The summed E-state index contributed by atoms with van der Waals surface area (Å²) < 4.78 is 10.5. The van der Waals surface area contributed by atoms with Crippen molar-refractivity contribution in [2.75, 3.05) is 19.1 Å². The number of anilines is 1. The van der Waals surface area contributed by atoms with Crippen LogP contribution >= 0.6 is 0 Å². The van der Waals surface area contributed by atoms with Crippen LogP contribution in [0, 0.1) is 6.92 Å². The lowest BCUT2D eigenvalue weighted by atomic mass is 10.1. The van der Waals surface area contributed by atoms with E-state index < -0.39 is 29.7 Å². The van der Waals surface area contributed by atoms with Gasteiger partial charge < -0.3 is 9.47 Å². The zero-order valence-electron chi connectivity index (χ0n) is 19.9. The number of carbonyl (C=O) groups is 4. The maximum Gasteiger partial charge on any atom is 0.273 e. The molecule has 1 aliphatic rings. The van der Waals surface area contributed by atoms with Crippen LogP contribution in [0.1, 0.15) is 32.7 Å². The van der Waals surface area contributed by atoms with Gasteiger partial charge in [0.15, 0.2) is 0 Å². The van der Waals surface area contributed by atoms with E-state index >= 15 is 0 Å². The highest BCUT2D eigenvalue weighted by Crippen LogP contribution is 2.32. The first-order chi connectivity index (χ1) is 17.3. The molecule has 1 fully saturated rings.